The summed E-state index contributed by atoms with van der Waals surface area (Å²) in [5.41, 5.74) is 3.30. The van der Waals surface area contributed by atoms with Gasteiger partial charge in [0.15, 0.2) is 0 Å². The van der Waals surface area contributed by atoms with Crippen molar-refractivity contribution in [1.29, 1.82) is 0 Å². The number of nitrogens with zero attached hydrogens (tertiary/aromatic N) is 4. The summed E-state index contributed by atoms with van der Waals surface area (Å²) in [6.07, 6.45) is 4.00. The van der Waals surface area contributed by atoms with Gasteiger partial charge in [0.1, 0.15) is 0 Å². The number of halogens is 1. The maximum Gasteiger partial charge on any atom is 0.225 e. The number of rotatable bonds is 4. The van der Waals surface area contributed by atoms with E-state index in [4.69, 9.17) is 9.72 Å². The van der Waals surface area contributed by atoms with E-state index in [9.17, 15) is 4.79 Å². The van der Waals surface area contributed by atoms with Gasteiger partial charge in [-0.3, -0.25) is 4.79 Å². The highest BCUT2D eigenvalue weighted by molar-refractivity contribution is 9.10. The highest BCUT2D eigenvalue weighted by Gasteiger charge is 2.24. The molecular formula is C20H23BrN4O2. The second-order valence-corrected chi connectivity index (χ2v) is 7.75. The molecule has 2 aromatic rings. The van der Waals surface area contributed by atoms with Crippen molar-refractivity contribution in [3.8, 4) is 0 Å². The smallest absolute Gasteiger partial charge is 0.225 e. The molecule has 7 heteroatoms. The Hall–Kier alpha value is -1.99. The molecule has 0 atom stereocenters. The second-order valence-electron chi connectivity index (χ2n) is 6.90. The predicted molar refractivity (Wildman–Crippen MR) is 107 cm³/mol. The predicted octanol–water partition coefficient (Wildman–Crippen LogP) is 2.59. The summed E-state index contributed by atoms with van der Waals surface area (Å²) in [6.45, 7) is 4.35. The lowest BCUT2D eigenvalue weighted by molar-refractivity contribution is -0.132. The molecule has 0 spiro atoms. The number of fused-ring (bicyclic) bond motifs is 1. The maximum atomic E-state index is 12.7. The Labute approximate surface area is 167 Å². The summed E-state index contributed by atoms with van der Waals surface area (Å²) in [4.78, 5) is 26.1. The van der Waals surface area contributed by atoms with Crippen LogP contribution in [0.5, 0.6) is 0 Å². The maximum absolute atomic E-state index is 12.7. The molecule has 2 aliphatic rings. The molecule has 1 aromatic carbocycles. The standard InChI is InChI=1S/C20H23BrN4O2/c21-17-4-2-1-3-15(17)5-6-19(26)25-8-7-16-13-22-20(23-18(16)14-25)24-9-11-27-12-10-24/h1-4,13H,5-12,14H2. The Morgan fingerprint density at radius 2 is 2.00 bits per heavy atom. The zero-order valence-electron chi connectivity index (χ0n) is 15.2. The van der Waals surface area contributed by atoms with E-state index in [1.54, 1.807) is 0 Å². The molecule has 1 fully saturated rings. The van der Waals surface area contributed by atoms with Crippen LogP contribution in [0.25, 0.3) is 0 Å². The van der Waals surface area contributed by atoms with Crippen LogP contribution in [0.1, 0.15) is 23.2 Å². The highest BCUT2D eigenvalue weighted by Crippen LogP contribution is 2.22. The van der Waals surface area contributed by atoms with Gasteiger partial charge < -0.3 is 14.5 Å². The first-order chi connectivity index (χ1) is 13.2. The van der Waals surface area contributed by atoms with Crippen LogP contribution >= 0.6 is 15.9 Å². The first-order valence-electron chi connectivity index (χ1n) is 9.39. The molecule has 1 amide bonds. The first-order valence-corrected chi connectivity index (χ1v) is 10.2. The van der Waals surface area contributed by atoms with Gasteiger partial charge in [-0.15, -0.1) is 0 Å². The van der Waals surface area contributed by atoms with E-state index in [1.807, 2.05) is 29.3 Å². The Kier molecular flexibility index (Phi) is 5.69. The molecule has 3 heterocycles. The van der Waals surface area contributed by atoms with Crippen molar-refractivity contribution in [2.24, 2.45) is 0 Å². The zero-order chi connectivity index (χ0) is 18.6. The highest BCUT2D eigenvalue weighted by atomic mass is 79.9. The van der Waals surface area contributed by atoms with Crippen LogP contribution in [0, 0.1) is 0 Å². The number of aromatic nitrogens is 2. The molecule has 6 nitrogen and oxygen atoms in total. The Bertz CT molecular complexity index is 823. The number of carbonyl (C=O) groups excluding carboxylic acids is 1. The van der Waals surface area contributed by atoms with Crippen molar-refractivity contribution in [3.05, 3.63) is 51.8 Å². The van der Waals surface area contributed by atoms with Gasteiger partial charge in [-0.1, -0.05) is 34.1 Å². The van der Waals surface area contributed by atoms with E-state index < -0.39 is 0 Å². The van der Waals surface area contributed by atoms with Gasteiger partial charge in [0.25, 0.3) is 0 Å². The molecule has 1 aromatic heterocycles. The Morgan fingerprint density at radius 3 is 2.81 bits per heavy atom. The molecule has 0 aliphatic carbocycles. The van der Waals surface area contributed by atoms with Crippen LogP contribution in [0.3, 0.4) is 0 Å². The molecule has 0 N–H and O–H groups in total. The summed E-state index contributed by atoms with van der Waals surface area (Å²) < 4.78 is 6.46. The first kappa shape index (κ1) is 18.4. The fourth-order valence-electron chi connectivity index (χ4n) is 3.52. The van der Waals surface area contributed by atoms with Crippen LogP contribution in [-0.4, -0.2) is 53.6 Å². The minimum absolute atomic E-state index is 0.183. The fraction of sp³-hybridized carbons (Fsp3) is 0.450. The van der Waals surface area contributed by atoms with Gasteiger partial charge >= 0.3 is 0 Å². The monoisotopic (exact) mass is 430 g/mol. The summed E-state index contributed by atoms with van der Waals surface area (Å²) in [7, 11) is 0. The summed E-state index contributed by atoms with van der Waals surface area (Å²) >= 11 is 3.55. The molecule has 27 heavy (non-hydrogen) atoms. The molecule has 4 rings (SSSR count). The number of benzene rings is 1. The molecule has 0 bridgehead atoms. The lowest BCUT2D eigenvalue weighted by Gasteiger charge is -2.31. The molecule has 2 aliphatic heterocycles. The molecule has 142 valence electrons. The topological polar surface area (TPSA) is 58.6 Å². The summed E-state index contributed by atoms with van der Waals surface area (Å²) in [6, 6.07) is 8.07. The van der Waals surface area contributed by atoms with Gasteiger partial charge in [0, 0.05) is 36.7 Å². The van der Waals surface area contributed by atoms with Crippen LogP contribution in [0.4, 0.5) is 5.95 Å². The van der Waals surface area contributed by atoms with Crippen molar-refractivity contribution in [3.63, 3.8) is 0 Å². The van der Waals surface area contributed by atoms with Gasteiger partial charge in [-0.2, -0.15) is 0 Å². The Morgan fingerprint density at radius 1 is 1.19 bits per heavy atom. The van der Waals surface area contributed by atoms with Crippen LogP contribution in [-0.2, 0) is 28.9 Å². The Balaban J connectivity index is 1.40. The van der Waals surface area contributed by atoms with Gasteiger partial charge in [-0.25, -0.2) is 9.97 Å². The molecule has 0 saturated carbocycles. The van der Waals surface area contributed by atoms with E-state index in [1.165, 1.54) is 5.56 Å². The van der Waals surface area contributed by atoms with Gasteiger partial charge in [0.05, 0.1) is 25.5 Å². The number of hydrogen-bond acceptors (Lipinski definition) is 5. The largest absolute Gasteiger partial charge is 0.378 e. The normalized spacial score (nSPS) is 16.9. The average Bonchev–Trinajstić information content (AvgIpc) is 2.73. The van der Waals surface area contributed by atoms with Crippen LogP contribution in [0.15, 0.2) is 34.9 Å². The van der Waals surface area contributed by atoms with E-state index in [2.05, 4.69) is 31.9 Å². The summed E-state index contributed by atoms with van der Waals surface area (Å²) in [5, 5.41) is 0. The molecule has 0 unspecified atom stereocenters. The van der Waals surface area contributed by atoms with Crippen molar-refractivity contribution in [1.82, 2.24) is 14.9 Å². The lowest BCUT2D eigenvalue weighted by Crippen LogP contribution is -2.39. The number of aryl methyl sites for hydroxylation is 1. The average molecular weight is 431 g/mol. The third kappa shape index (κ3) is 4.30. The number of carbonyl (C=O) groups is 1. The van der Waals surface area contributed by atoms with Gasteiger partial charge in [-0.05, 0) is 30.0 Å². The van der Waals surface area contributed by atoms with Crippen LogP contribution in [0.2, 0.25) is 0 Å². The molecule has 0 radical (unpaired) electrons. The third-order valence-electron chi connectivity index (χ3n) is 5.15. The fourth-order valence-corrected chi connectivity index (χ4v) is 4.01. The minimum atomic E-state index is 0.183. The lowest BCUT2D eigenvalue weighted by atomic mass is 10.1. The number of hydrogen-bond donors (Lipinski definition) is 0. The quantitative estimate of drug-likeness (QED) is 0.745. The summed E-state index contributed by atoms with van der Waals surface area (Å²) in [5.74, 6) is 0.933. The van der Waals surface area contributed by atoms with Crippen molar-refractivity contribution < 1.29 is 9.53 Å². The van der Waals surface area contributed by atoms with E-state index in [0.29, 0.717) is 26.2 Å². The van der Waals surface area contributed by atoms with Crippen LogP contribution < -0.4 is 4.90 Å². The zero-order valence-corrected chi connectivity index (χ0v) is 16.8. The van der Waals surface area contributed by atoms with Crippen molar-refractivity contribution >= 4 is 27.8 Å². The number of morpholine rings is 1. The minimum Gasteiger partial charge on any atom is -0.378 e. The van der Waals surface area contributed by atoms with Gasteiger partial charge in [0.2, 0.25) is 11.9 Å². The SMILES string of the molecule is O=C(CCc1ccccc1Br)N1CCc2cnc(N3CCOCC3)nc2C1. The number of anilines is 1. The molecular weight excluding hydrogens is 408 g/mol. The second kappa shape index (κ2) is 8.35. The van der Waals surface area contributed by atoms with Crippen molar-refractivity contribution in [2.75, 3.05) is 37.7 Å². The number of amides is 1. The van der Waals surface area contributed by atoms with E-state index >= 15 is 0 Å². The third-order valence-corrected chi connectivity index (χ3v) is 5.92. The van der Waals surface area contributed by atoms with E-state index in [0.717, 1.165) is 54.2 Å². The van der Waals surface area contributed by atoms with Crippen molar-refractivity contribution in [2.45, 2.75) is 25.8 Å². The number of ether oxygens (including phenoxy) is 1. The van der Waals surface area contributed by atoms with E-state index in [-0.39, 0.29) is 5.91 Å². The molecule has 1 saturated heterocycles.